The van der Waals surface area contributed by atoms with Crippen LogP contribution in [0.5, 0.6) is 0 Å². The molecule has 2 aromatic rings. The van der Waals surface area contributed by atoms with E-state index in [2.05, 4.69) is 15.3 Å². The zero-order valence-electron chi connectivity index (χ0n) is 11.4. The Balaban J connectivity index is 1.60. The Morgan fingerprint density at radius 1 is 1.36 bits per heavy atom. The van der Waals surface area contributed by atoms with E-state index in [-0.39, 0.29) is 23.0 Å². The lowest BCUT2D eigenvalue weighted by molar-refractivity contribution is -0.113. The molecule has 0 unspecified atom stereocenters. The molecule has 2 N–H and O–H groups in total. The molecule has 3 rings (SSSR count). The number of anilines is 1. The van der Waals surface area contributed by atoms with Crippen LogP contribution in [0.2, 0.25) is 0 Å². The summed E-state index contributed by atoms with van der Waals surface area (Å²) in [5.74, 6) is 0.938. The van der Waals surface area contributed by atoms with E-state index in [0.717, 1.165) is 17.0 Å². The van der Waals surface area contributed by atoms with Gasteiger partial charge in [0.15, 0.2) is 5.16 Å². The highest BCUT2D eigenvalue weighted by molar-refractivity contribution is 7.99. The second kappa shape index (κ2) is 6.53. The van der Waals surface area contributed by atoms with Gasteiger partial charge in [-0.1, -0.05) is 11.8 Å². The topological polar surface area (TPSA) is 74.8 Å². The van der Waals surface area contributed by atoms with Crippen molar-refractivity contribution in [3.63, 3.8) is 0 Å². The van der Waals surface area contributed by atoms with E-state index in [1.165, 1.54) is 36.0 Å². The third kappa shape index (κ3) is 3.50. The van der Waals surface area contributed by atoms with E-state index in [9.17, 15) is 14.0 Å². The zero-order valence-corrected chi connectivity index (χ0v) is 13.0. The third-order valence-electron chi connectivity index (χ3n) is 3.03. The van der Waals surface area contributed by atoms with E-state index in [1.54, 1.807) is 11.8 Å². The second-order valence-corrected chi connectivity index (χ2v) is 6.58. The van der Waals surface area contributed by atoms with Gasteiger partial charge in [0, 0.05) is 22.8 Å². The van der Waals surface area contributed by atoms with Crippen LogP contribution in [0, 0.1) is 5.82 Å². The summed E-state index contributed by atoms with van der Waals surface area (Å²) < 4.78 is 12.8. The van der Waals surface area contributed by atoms with Crippen LogP contribution in [0.15, 0.2) is 34.2 Å². The number of nitrogens with zero attached hydrogens (tertiary/aromatic N) is 1. The maximum atomic E-state index is 12.8. The van der Waals surface area contributed by atoms with Crippen LogP contribution in [-0.2, 0) is 16.3 Å². The van der Waals surface area contributed by atoms with Crippen molar-refractivity contribution < 1.29 is 9.18 Å². The predicted molar refractivity (Wildman–Crippen MR) is 85.6 cm³/mol. The highest BCUT2D eigenvalue weighted by atomic mass is 32.2. The van der Waals surface area contributed by atoms with Crippen molar-refractivity contribution in [3.8, 4) is 0 Å². The van der Waals surface area contributed by atoms with Crippen molar-refractivity contribution in [3.05, 3.63) is 51.7 Å². The Labute approximate surface area is 134 Å². The van der Waals surface area contributed by atoms with Gasteiger partial charge < -0.3 is 10.3 Å². The Morgan fingerprint density at radius 2 is 2.14 bits per heavy atom. The van der Waals surface area contributed by atoms with Gasteiger partial charge in [-0.3, -0.25) is 9.59 Å². The molecule has 5 nitrogen and oxygen atoms in total. The monoisotopic (exact) mass is 337 g/mol. The quantitative estimate of drug-likeness (QED) is 0.662. The number of rotatable bonds is 4. The van der Waals surface area contributed by atoms with Gasteiger partial charge in [-0.05, 0) is 24.3 Å². The minimum absolute atomic E-state index is 0.117. The molecule has 2 heterocycles. The van der Waals surface area contributed by atoms with Gasteiger partial charge in [0.25, 0.3) is 5.56 Å². The minimum atomic E-state index is -0.356. The molecule has 1 amide bonds. The molecule has 1 aromatic carbocycles. The molecular weight excluding hydrogens is 325 g/mol. The zero-order chi connectivity index (χ0) is 15.5. The van der Waals surface area contributed by atoms with Crippen LogP contribution >= 0.6 is 23.5 Å². The Morgan fingerprint density at radius 3 is 2.91 bits per heavy atom. The Kier molecular flexibility index (Phi) is 4.49. The molecule has 1 aromatic heterocycles. The van der Waals surface area contributed by atoms with Gasteiger partial charge in [-0.25, -0.2) is 9.37 Å². The number of halogens is 1. The molecule has 0 atom stereocenters. The normalized spacial score (nSPS) is 13.0. The summed E-state index contributed by atoms with van der Waals surface area (Å²) in [6.45, 7) is 0. The Hall–Kier alpha value is -1.80. The Bertz CT molecular complexity index is 762. The van der Waals surface area contributed by atoms with E-state index in [4.69, 9.17) is 0 Å². The summed E-state index contributed by atoms with van der Waals surface area (Å²) in [6, 6.07) is 5.54. The van der Waals surface area contributed by atoms with E-state index in [0.29, 0.717) is 16.6 Å². The maximum Gasteiger partial charge on any atom is 0.255 e. The molecule has 1 aliphatic heterocycles. The van der Waals surface area contributed by atoms with Crippen molar-refractivity contribution in [2.45, 2.75) is 16.7 Å². The fourth-order valence-corrected chi connectivity index (χ4v) is 3.69. The van der Waals surface area contributed by atoms with Gasteiger partial charge in [-0.15, -0.1) is 0 Å². The number of benzene rings is 1. The molecule has 22 heavy (non-hydrogen) atoms. The number of carbonyl (C=O) groups is 1. The number of H-pyrrole nitrogens is 1. The van der Waals surface area contributed by atoms with Crippen molar-refractivity contribution in [1.82, 2.24) is 9.97 Å². The first-order valence-corrected chi connectivity index (χ1v) is 8.64. The van der Waals surface area contributed by atoms with Crippen LogP contribution < -0.4 is 10.9 Å². The second-order valence-electron chi connectivity index (χ2n) is 4.63. The number of thioether (sulfide) groups is 2. The lowest BCUT2D eigenvalue weighted by Crippen LogP contribution is -2.17. The SMILES string of the molecule is O=C(CSc1nc2c(c(=O)[nH]1)CSC2)Nc1ccc(F)cc1. The van der Waals surface area contributed by atoms with Crippen LogP contribution in [-0.4, -0.2) is 21.6 Å². The number of carbonyl (C=O) groups excluding carboxylic acids is 1. The maximum absolute atomic E-state index is 12.8. The molecule has 0 radical (unpaired) electrons. The van der Waals surface area contributed by atoms with Crippen molar-refractivity contribution in [2.24, 2.45) is 0 Å². The molecule has 0 fully saturated rings. The fourth-order valence-electron chi connectivity index (χ4n) is 1.97. The van der Waals surface area contributed by atoms with Crippen LogP contribution in [0.25, 0.3) is 0 Å². The van der Waals surface area contributed by atoms with E-state index >= 15 is 0 Å². The smallest absolute Gasteiger partial charge is 0.255 e. The first-order valence-electron chi connectivity index (χ1n) is 6.50. The largest absolute Gasteiger partial charge is 0.325 e. The molecule has 0 bridgehead atoms. The summed E-state index contributed by atoms with van der Waals surface area (Å²) in [6.07, 6.45) is 0. The number of nitrogens with one attached hydrogen (secondary N) is 2. The van der Waals surface area contributed by atoms with Gasteiger partial charge in [0.2, 0.25) is 5.91 Å². The van der Waals surface area contributed by atoms with Crippen LogP contribution in [0.4, 0.5) is 10.1 Å². The van der Waals surface area contributed by atoms with E-state index in [1.807, 2.05) is 0 Å². The number of aromatic nitrogens is 2. The molecule has 0 aliphatic carbocycles. The van der Waals surface area contributed by atoms with Gasteiger partial charge >= 0.3 is 0 Å². The summed E-state index contributed by atoms with van der Waals surface area (Å²) in [5.41, 5.74) is 1.93. The highest BCUT2D eigenvalue weighted by Crippen LogP contribution is 2.26. The van der Waals surface area contributed by atoms with Crippen LogP contribution in [0.1, 0.15) is 11.3 Å². The molecule has 8 heteroatoms. The first-order chi connectivity index (χ1) is 10.6. The van der Waals surface area contributed by atoms with Gasteiger partial charge in [0.05, 0.1) is 11.4 Å². The number of hydrogen-bond acceptors (Lipinski definition) is 5. The molecule has 0 saturated heterocycles. The van der Waals surface area contributed by atoms with Gasteiger partial charge in [0.1, 0.15) is 5.82 Å². The van der Waals surface area contributed by atoms with Crippen LogP contribution in [0.3, 0.4) is 0 Å². The summed E-state index contributed by atoms with van der Waals surface area (Å²) >= 11 is 2.82. The molecule has 1 aliphatic rings. The molecule has 0 spiro atoms. The lowest BCUT2D eigenvalue weighted by Gasteiger charge is -2.05. The number of aromatic amines is 1. The molecule has 0 saturated carbocycles. The summed E-state index contributed by atoms with van der Waals surface area (Å²) in [4.78, 5) is 30.7. The third-order valence-corrected chi connectivity index (χ3v) is 4.88. The predicted octanol–water partition coefficient (Wildman–Crippen LogP) is 2.39. The lowest BCUT2D eigenvalue weighted by atomic mass is 10.3. The standard InChI is InChI=1S/C14H12FN3O2S2/c15-8-1-3-9(4-2-8)16-12(19)7-22-14-17-11-6-21-5-10(11)13(20)18-14/h1-4H,5-7H2,(H,16,19)(H,17,18,20). The number of hydrogen-bond donors (Lipinski definition) is 2. The van der Waals surface area contributed by atoms with Crippen molar-refractivity contribution in [2.75, 3.05) is 11.1 Å². The van der Waals surface area contributed by atoms with Gasteiger partial charge in [-0.2, -0.15) is 11.8 Å². The molecular formula is C14H12FN3O2S2. The summed E-state index contributed by atoms with van der Waals surface area (Å²) in [5, 5.41) is 3.10. The van der Waals surface area contributed by atoms with Crippen molar-refractivity contribution >= 4 is 35.1 Å². The first kappa shape index (κ1) is 15.1. The summed E-state index contributed by atoms with van der Waals surface area (Å²) in [7, 11) is 0. The minimum Gasteiger partial charge on any atom is -0.325 e. The van der Waals surface area contributed by atoms with Crippen molar-refractivity contribution in [1.29, 1.82) is 0 Å². The van der Waals surface area contributed by atoms with E-state index < -0.39 is 0 Å². The number of fused-ring (bicyclic) bond motifs is 1. The highest BCUT2D eigenvalue weighted by Gasteiger charge is 2.18. The average molecular weight is 337 g/mol. The fraction of sp³-hybridized carbons (Fsp3) is 0.214. The molecule has 114 valence electrons. The number of amides is 1. The average Bonchev–Trinajstić information content (AvgIpc) is 2.97.